The number of carbonyl (C=O) groups is 1. The summed E-state index contributed by atoms with van der Waals surface area (Å²) < 4.78 is 10.6. The Balaban J connectivity index is 1.52. The van der Waals surface area contributed by atoms with Crippen LogP contribution in [0.3, 0.4) is 0 Å². The summed E-state index contributed by atoms with van der Waals surface area (Å²) in [6, 6.07) is 8.81. The zero-order valence-electron chi connectivity index (χ0n) is 14.5. The van der Waals surface area contributed by atoms with E-state index < -0.39 is 0 Å². The summed E-state index contributed by atoms with van der Waals surface area (Å²) in [6.07, 6.45) is 2.22. The predicted octanol–water partition coefficient (Wildman–Crippen LogP) is 2.44. The fourth-order valence-corrected chi connectivity index (χ4v) is 3.62. The highest BCUT2D eigenvalue weighted by Gasteiger charge is 2.21. The van der Waals surface area contributed by atoms with Crippen molar-refractivity contribution in [3.05, 3.63) is 46.4 Å². The third-order valence-corrected chi connectivity index (χ3v) is 4.96. The maximum atomic E-state index is 12.8. The van der Waals surface area contributed by atoms with Crippen molar-refractivity contribution in [2.45, 2.75) is 12.8 Å². The van der Waals surface area contributed by atoms with E-state index in [1.54, 1.807) is 24.3 Å². The molecule has 0 unspecified atom stereocenters. The standard InChI is InChI=1S/C19H18N4O4/c24-18(11-3-4-16-17(7-11)27-10-26-16)20-14-8-12-13(22-19(25)21-12)9-15(14)23-5-1-2-6-23/h3-4,7-9H,1-2,5-6,10H2,(H,20,24)(H2,21,22,25). The van der Waals surface area contributed by atoms with Gasteiger partial charge in [-0.1, -0.05) is 0 Å². The molecule has 0 bridgehead atoms. The number of amides is 1. The normalized spacial score (nSPS) is 15.5. The van der Waals surface area contributed by atoms with Crippen molar-refractivity contribution in [1.82, 2.24) is 9.97 Å². The van der Waals surface area contributed by atoms with Crippen LogP contribution >= 0.6 is 0 Å². The summed E-state index contributed by atoms with van der Waals surface area (Å²) >= 11 is 0. The minimum absolute atomic E-state index is 0.164. The lowest BCUT2D eigenvalue weighted by Gasteiger charge is -2.22. The maximum Gasteiger partial charge on any atom is 0.323 e. The third-order valence-electron chi connectivity index (χ3n) is 4.96. The number of hydrogen-bond donors (Lipinski definition) is 3. The van der Waals surface area contributed by atoms with Gasteiger partial charge in [-0.05, 0) is 43.2 Å². The average molecular weight is 366 g/mol. The number of fused-ring (bicyclic) bond motifs is 2. The number of nitrogens with one attached hydrogen (secondary N) is 3. The van der Waals surface area contributed by atoms with Crippen LogP contribution in [0.15, 0.2) is 35.1 Å². The van der Waals surface area contributed by atoms with Gasteiger partial charge in [-0.2, -0.15) is 0 Å². The van der Waals surface area contributed by atoms with E-state index in [0.29, 0.717) is 28.3 Å². The molecule has 0 spiro atoms. The molecule has 5 rings (SSSR count). The summed E-state index contributed by atoms with van der Waals surface area (Å²) in [5.74, 6) is 0.953. The second-order valence-corrected chi connectivity index (χ2v) is 6.71. The monoisotopic (exact) mass is 366 g/mol. The molecule has 2 aliphatic heterocycles. The molecule has 1 aromatic heterocycles. The van der Waals surface area contributed by atoms with Crippen molar-refractivity contribution in [3.8, 4) is 11.5 Å². The van der Waals surface area contributed by atoms with Gasteiger partial charge < -0.3 is 29.7 Å². The molecular formula is C19H18N4O4. The van der Waals surface area contributed by atoms with Crippen molar-refractivity contribution in [1.29, 1.82) is 0 Å². The van der Waals surface area contributed by atoms with Gasteiger partial charge in [0.1, 0.15) is 0 Å². The van der Waals surface area contributed by atoms with Gasteiger partial charge >= 0.3 is 5.69 Å². The second kappa shape index (κ2) is 6.08. The molecule has 1 saturated heterocycles. The Hall–Kier alpha value is -3.42. The fraction of sp³-hybridized carbons (Fsp3) is 0.263. The van der Waals surface area contributed by atoms with Crippen LogP contribution in [0.5, 0.6) is 11.5 Å². The number of rotatable bonds is 3. The lowest BCUT2D eigenvalue weighted by molar-refractivity contribution is 0.102. The van der Waals surface area contributed by atoms with E-state index in [1.807, 2.05) is 6.07 Å². The molecule has 2 aromatic carbocycles. The number of hydrogen-bond acceptors (Lipinski definition) is 5. The molecule has 0 saturated carbocycles. The van der Waals surface area contributed by atoms with Crippen molar-refractivity contribution in [2.75, 3.05) is 30.1 Å². The van der Waals surface area contributed by atoms with Gasteiger partial charge in [0, 0.05) is 18.7 Å². The summed E-state index contributed by atoms with van der Waals surface area (Å²) in [6.45, 7) is 2.01. The van der Waals surface area contributed by atoms with Crippen LogP contribution in [0.2, 0.25) is 0 Å². The fourth-order valence-electron chi connectivity index (χ4n) is 3.62. The molecule has 0 atom stereocenters. The van der Waals surface area contributed by atoms with Gasteiger partial charge in [0.2, 0.25) is 6.79 Å². The van der Waals surface area contributed by atoms with Gasteiger partial charge in [0.25, 0.3) is 5.91 Å². The Kier molecular flexibility index (Phi) is 3.56. The molecule has 138 valence electrons. The summed E-state index contributed by atoms with van der Waals surface area (Å²) in [4.78, 5) is 32.2. The number of carbonyl (C=O) groups excluding carboxylic acids is 1. The van der Waals surface area contributed by atoms with E-state index in [-0.39, 0.29) is 18.4 Å². The topological polar surface area (TPSA) is 99.5 Å². The minimum Gasteiger partial charge on any atom is -0.454 e. The maximum absolute atomic E-state index is 12.8. The second-order valence-electron chi connectivity index (χ2n) is 6.71. The van der Waals surface area contributed by atoms with Crippen molar-refractivity contribution < 1.29 is 14.3 Å². The Morgan fingerprint density at radius 1 is 1.00 bits per heavy atom. The van der Waals surface area contributed by atoms with Gasteiger partial charge in [-0.25, -0.2) is 4.79 Å². The molecule has 3 heterocycles. The van der Waals surface area contributed by atoms with E-state index in [1.165, 1.54) is 0 Å². The Morgan fingerprint density at radius 3 is 2.56 bits per heavy atom. The zero-order chi connectivity index (χ0) is 18.4. The molecule has 1 amide bonds. The van der Waals surface area contributed by atoms with Crippen LogP contribution in [-0.2, 0) is 0 Å². The lowest BCUT2D eigenvalue weighted by atomic mass is 10.1. The molecular weight excluding hydrogens is 348 g/mol. The number of nitrogens with zero attached hydrogens (tertiary/aromatic N) is 1. The molecule has 3 aromatic rings. The lowest BCUT2D eigenvalue weighted by Crippen LogP contribution is -2.21. The van der Waals surface area contributed by atoms with E-state index in [9.17, 15) is 9.59 Å². The first-order chi connectivity index (χ1) is 13.2. The molecule has 8 nitrogen and oxygen atoms in total. The van der Waals surface area contributed by atoms with Gasteiger partial charge in [-0.15, -0.1) is 0 Å². The number of H-pyrrole nitrogens is 2. The highest BCUT2D eigenvalue weighted by Crippen LogP contribution is 2.34. The summed E-state index contributed by atoms with van der Waals surface area (Å²) in [7, 11) is 0. The first-order valence-corrected chi connectivity index (χ1v) is 8.89. The molecule has 27 heavy (non-hydrogen) atoms. The van der Waals surface area contributed by atoms with Gasteiger partial charge in [0.05, 0.1) is 22.4 Å². The van der Waals surface area contributed by atoms with E-state index >= 15 is 0 Å². The highest BCUT2D eigenvalue weighted by molar-refractivity contribution is 6.07. The zero-order valence-corrected chi connectivity index (χ0v) is 14.5. The number of imidazole rings is 1. The first kappa shape index (κ1) is 15.8. The average Bonchev–Trinajstić information content (AvgIpc) is 3.40. The molecule has 1 fully saturated rings. The first-order valence-electron chi connectivity index (χ1n) is 8.89. The smallest absolute Gasteiger partial charge is 0.323 e. The molecule has 0 aliphatic carbocycles. The van der Waals surface area contributed by atoms with Crippen molar-refractivity contribution in [3.63, 3.8) is 0 Å². The Labute approximate surface area is 154 Å². The summed E-state index contributed by atoms with van der Waals surface area (Å²) in [5, 5.41) is 2.98. The largest absolute Gasteiger partial charge is 0.454 e. The number of aromatic amines is 2. The quantitative estimate of drug-likeness (QED) is 0.661. The van der Waals surface area contributed by atoms with E-state index in [0.717, 1.165) is 37.1 Å². The predicted molar refractivity (Wildman–Crippen MR) is 101 cm³/mol. The van der Waals surface area contributed by atoms with Crippen LogP contribution < -0.4 is 25.4 Å². The molecule has 0 radical (unpaired) electrons. The molecule has 8 heteroatoms. The van der Waals surface area contributed by atoms with Crippen molar-refractivity contribution in [2.24, 2.45) is 0 Å². The Bertz CT molecular complexity index is 1090. The minimum atomic E-state index is -0.267. The van der Waals surface area contributed by atoms with E-state index in [2.05, 4.69) is 20.2 Å². The van der Waals surface area contributed by atoms with Crippen LogP contribution in [0.25, 0.3) is 11.0 Å². The molecule has 3 N–H and O–H groups in total. The molecule has 2 aliphatic rings. The number of ether oxygens (including phenoxy) is 2. The third kappa shape index (κ3) is 2.79. The highest BCUT2D eigenvalue weighted by atomic mass is 16.7. The van der Waals surface area contributed by atoms with Gasteiger partial charge in [0.15, 0.2) is 11.5 Å². The number of anilines is 2. The van der Waals surface area contributed by atoms with Gasteiger partial charge in [-0.3, -0.25) is 4.79 Å². The van der Waals surface area contributed by atoms with Crippen LogP contribution in [0.1, 0.15) is 23.2 Å². The number of benzene rings is 2. The Morgan fingerprint density at radius 2 is 1.74 bits per heavy atom. The van der Waals surface area contributed by atoms with Crippen LogP contribution in [-0.4, -0.2) is 35.8 Å². The van der Waals surface area contributed by atoms with Crippen LogP contribution in [0.4, 0.5) is 11.4 Å². The number of aromatic nitrogens is 2. The summed E-state index contributed by atoms with van der Waals surface area (Å²) in [5.41, 5.74) is 3.17. The SMILES string of the molecule is O=C(Nc1cc2[nH]c(=O)[nH]c2cc1N1CCCC1)c1ccc2c(c1)OCO2. The van der Waals surface area contributed by atoms with Crippen molar-refractivity contribution >= 4 is 28.3 Å². The van der Waals surface area contributed by atoms with E-state index in [4.69, 9.17) is 9.47 Å². The van der Waals surface area contributed by atoms with Crippen LogP contribution in [0, 0.1) is 0 Å².